The van der Waals surface area contributed by atoms with E-state index in [1.54, 1.807) is 14.2 Å². The minimum atomic E-state index is -0.614. The van der Waals surface area contributed by atoms with Gasteiger partial charge in [0.2, 0.25) is 5.91 Å². The van der Waals surface area contributed by atoms with Crippen LogP contribution in [0.1, 0.15) is 58.4 Å². The Bertz CT molecular complexity index is 968. The molecule has 1 aliphatic heterocycles. The largest absolute Gasteiger partial charge is 0.461 e. The van der Waals surface area contributed by atoms with E-state index in [-0.39, 0.29) is 49.3 Å². The Labute approximate surface area is 247 Å². The lowest BCUT2D eigenvalue weighted by Gasteiger charge is -2.38. The van der Waals surface area contributed by atoms with Gasteiger partial charge in [-0.25, -0.2) is 0 Å². The van der Waals surface area contributed by atoms with Crippen molar-refractivity contribution >= 4 is 17.7 Å². The number of esters is 1. The van der Waals surface area contributed by atoms with Crippen molar-refractivity contribution in [3.8, 4) is 0 Å². The maximum absolute atomic E-state index is 13.7. The second-order valence-corrected chi connectivity index (χ2v) is 11.6. The molecule has 1 fully saturated rings. The molecule has 8 nitrogen and oxygen atoms in total. The Morgan fingerprint density at radius 1 is 1.10 bits per heavy atom. The van der Waals surface area contributed by atoms with Gasteiger partial charge in [-0.05, 0) is 44.8 Å². The van der Waals surface area contributed by atoms with Crippen LogP contribution >= 0.6 is 0 Å². The summed E-state index contributed by atoms with van der Waals surface area (Å²) < 4.78 is 17.1. The van der Waals surface area contributed by atoms with Crippen molar-refractivity contribution in [2.45, 2.75) is 83.6 Å². The van der Waals surface area contributed by atoms with Crippen LogP contribution in [0.25, 0.3) is 0 Å². The van der Waals surface area contributed by atoms with Crippen molar-refractivity contribution in [3.63, 3.8) is 0 Å². The minimum absolute atomic E-state index is 0.0196. The van der Waals surface area contributed by atoms with Crippen LogP contribution in [0.4, 0.5) is 0 Å². The molecule has 41 heavy (non-hydrogen) atoms. The highest BCUT2D eigenvalue weighted by molar-refractivity contribution is 5.86. The van der Waals surface area contributed by atoms with E-state index in [1.807, 2.05) is 56.3 Å². The van der Waals surface area contributed by atoms with E-state index in [9.17, 15) is 14.4 Å². The first-order valence-corrected chi connectivity index (χ1v) is 14.9. The van der Waals surface area contributed by atoms with Gasteiger partial charge in [-0.2, -0.15) is 0 Å². The lowest BCUT2D eigenvalue weighted by atomic mass is 9.85. The number of methoxy groups -OCH3 is 2. The van der Waals surface area contributed by atoms with E-state index in [1.165, 1.54) is 6.08 Å². The van der Waals surface area contributed by atoms with Crippen molar-refractivity contribution < 1.29 is 28.6 Å². The Morgan fingerprint density at radius 3 is 2.34 bits per heavy atom. The molecule has 8 heteroatoms. The summed E-state index contributed by atoms with van der Waals surface area (Å²) in [5.41, 5.74) is 0.963. The summed E-state index contributed by atoms with van der Waals surface area (Å²) in [6.45, 7) is 10.5. The average Bonchev–Trinajstić information content (AvgIpc) is 3.45. The van der Waals surface area contributed by atoms with Crippen LogP contribution < -0.4 is 0 Å². The molecular formula is C33H52N2O6. The summed E-state index contributed by atoms with van der Waals surface area (Å²) in [6.07, 6.45) is 4.12. The van der Waals surface area contributed by atoms with Gasteiger partial charge in [0.1, 0.15) is 12.4 Å². The molecule has 2 rings (SSSR count). The number of likely N-dealkylation sites (N-methyl/N-ethyl adjacent to an activating group) is 1. The molecular weight excluding hydrogens is 520 g/mol. The highest BCUT2D eigenvalue weighted by Gasteiger charge is 2.41. The second-order valence-electron chi connectivity index (χ2n) is 11.6. The van der Waals surface area contributed by atoms with E-state index in [0.29, 0.717) is 18.9 Å². The fraction of sp³-hybridized carbons (Fsp3) is 0.667. The van der Waals surface area contributed by atoms with Gasteiger partial charge in [0.25, 0.3) is 0 Å². The molecule has 1 saturated heterocycles. The highest BCUT2D eigenvalue weighted by Crippen LogP contribution is 2.30. The molecule has 0 unspecified atom stereocenters. The second kappa shape index (κ2) is 17.4. The number of ketones is 1. The topological polar surface area (TPSA) is 85.4 Å². The van der Waals surface area contributed by atoms with Crippen LogP contribution in [0.2, 0.25) is 0 Å². The van der Waals surface area contributed by atoms with Gasteiger partial charge >= 0.3 is 5.97 Å². The first kappa shape index (κ1) is 34.7. The first-order chi connectivity index (χ1) is 19.6. The number of carbonyl (C=O) groups is 3. The van der Waals surface area contributed by atoms with Crippen LogP contribution in [-0.4, -0.2) is 93.2 Å². The van der Waals surface area contributed by atoms with Crippen molar-refractivity contribution in [1.29, 1.82) is 0 Å². The number of nitrogens with zero attached hydrogens (tertiary/aromatic N) is 2. The quantitative estimate of drug-likeness (QED) is 0.188. The molecule has 7 atom stereocenters. The van der Waals surface area contributed by atoms with Crippen LogP contribution in [0.15, 0.2) is 43.0 Å². The molecule has 230 valence electrons. The fourth-order valence-electron chi connectivity index (χ4n) is 6.23. The summed E-state index contributed by atoms with van der Waals surface area (Å²) in [5, 5.41) is 0. The Kier molecular flexibility index (Phi) is 14.7. The summed E-state index contributed by atoms with van der Waals surface area (Å²) in [7, 11) is 7.32. The lowest BCUT2D eigenvalue weighted by Crippen LogP contribution is -2.51. The smallest absolute Gasteiger partial charge is 0.310 e. The summed E-state index contributed by atoms with van der Waals surface area (Å²) in [5.74, 6) is -1.22. The van der Waals surface area contributed by atoms with Gasteiger partial charge in [-0.3, -0.25) is 14.4 Å². The number of rotatable bonds is 18. The monoisotopic (exact) mass is 572 g/mol. The van der Waals surface area contributed by atoms with Crippen LogP contribution in [0.3, 0.4) is 0 Å². The van der Waals surface area contributed by atoms with E-state index in [4.69, 9.17) is 14.2 Å². The molecule has 0 spiro atoms. The van der Waals surface area contributed by atoms with E-state index in [0.717, 1.165) is 24.8 Å². The third kappa shape index (κ3) is 9.76. The van der Waals surface area contributed by atoms with Crippen molar-refractivity contribution in [2.75, 3.05) is 41.5 Å². The number of amides is 1. The zero-order valence-corrected chi connectivity index (χ0v) is 26.2. The molecule has 1 amide bonds. The first-order valence-electron chi connectivity index (χ1n) is 14.9. The number of hydrogen-bond donors (Lipinski definition) is 0. The van der Waals surface area contributed by atoms with Crippen molar-refractivity contribution in [2.24, 2.45) is 17.8 Å². The van der Waals surface area contributed by atoms with Gasteiger partial charge in [0, 0.05) is 39.1 Å². The van der Waals surface area contributed by atoms with Gasteiger partial charge in [0.15, 0.2) is 0 Å². The highest BCUT2D eigenvalue weighted by atomic mass is 16.5. The Hall–Kier alpha value is -2.55. The van der Waals surface area contributed by atoms with Crippen LogP contribution in [0, 0.1) is 17.8 Å². The molecule has 0 saturated carbocycles. The average molecular weight is 573 g/mol. The standard InChI is InChI=1S/C33H52N2O6/c1-9-19-41-33(38)26(20-25-15-12-11-13-16-25)21-28(36)24(4)32(40-8)27-17-14-18-35(27)30(37)22-29(39-7)31(34(5)6)23(3)10-2/h9,11-13,15-16,23-24,26-27,29,31-32H,1,10,14,17-22H2,2-8H3/t23-,24-,26+,27-,29+,31-,32+/m0/s1. The van der Waals surface area contributed by atoms with E-state index in [2.05, 4.69) is 25.3 Å². The zero-order valence-electron chi connectivity index (χ0n) is 26.2. The molecule has 0 aliphatic carbocycles. The number of likely N-dealkylation sites (tertiary alicyclic amines) is 1. The summed E-state index contributed by atoms with van der Waals surface area (Å²) in [4.78, 5) is 44.2. The maximum atomic E-state index is 13.7. The third-order valence-electron chi connectivity index (χ3n) is 8.60. The normalized spacial score (nSPS) is 19.7. The molecule has 0 radical (unpaired) electrons. The predicted molar refractivity (Wildman–Crippen MR) is 161 cm³/mol. The number of hydrogen-bond acceptors (Lipinski definition) is 7. The SMILES string of the molecule is C=CCOC(=O)[C@@H](CC(=O)[C@H](C)[C@@H](OC)[C@@H]1CCCN1C(=O)C[C@@H](OC)[C@H]([C@@H](C)CC)N(C)C)Cc1ccccc1. The van der Waals surface area contributed by atoms with Gasteiger partial charge in [-0.15, -0.1) is 0 Å². The molecule has 0 aromatic heterocycles. The minimum Gasteiger partial charge on any atom is -0.461 e. The van der Waals surface area contributed by atoms with Crippen LogP contribution in [0.5, 0.6) is 0 Å². The molecule has 0 N–H and O–H groups in total. The van der Waals surface area contributed by atoms with E-state index < -0.39 is 23.9 Å². The summed E-state index contributed by atoms with van der Waals surface area (Å²) in [6, 6.07) is 9.52. The number of carbonyl (C=O) groups excluding carboxylic acids is 3. The molecule has 1 aliphatic rings. The molecule has 1 heterocycles. The van der Waals surface area contributed by atoms with Crippen LogP contribution in [-0.2, 0) is 35.0 Å². The van der Waals surface area contributed by atoms with Crippen molar-refractivity contribution in [1.82, 2.24) is 9.80 Å². The predicted octanol–water partition coefficient (Wildman–Crippen LogP) is 4.56. The maximum Gasteiger partial charge on any atom is 0.310 e. The molecule has 0 bridgehead atoms. The number of ether oxygens (including phenoxy) is 3. The fourth-order valence-corrected chi connectivity index (χ4v) is 6.23. The van der Waals surface area contributed by atoms with Gasteiger partial charge < -0.3 is 24.0 Å². The Morgan fingerprint density at radius 2 is 1.78 bits per heavy atom. The Balaban J connectivity index is 2.17. The lowest BCUT2D eigenvalue weighted by molar-refractivity contribution is -0.150. The van der Waals surface area contributed by atoms with Gasteiger partial charge in [-0.1, -0.05) is 70.2 Å². The molecule has 1 aromatic carbocycles. The third-order valence-corrected chi connectivity index (χ3v) is 8.60. The summed E-state index contributed by atoms with van der Waals surface area (Å²) >= 11 is 0. The van der Waals surface area contributed by atoms with Crippen molar-refractivity contribution in [3.05, 3.63) is 48.6 Å². The number of Topliss-reactive ketones (excluding diaryl/α,β-unsaturated/α-hetero) is 1. The molecule has 1 aromatic rings. The van der Waals surface area contributed by atoms with E-state index >= 15 is 0 Å². The number of benzene rings is 1. The van der Waals surface area contributed by atoms with Gasteiger partial charge in [0.05, 0.1) is 30.6 Å². The zero-order chi connectivity index (χ0) is 30.5.